The topological polar surface area (TPSA) is 55.1 Å². The Bertz CT molecular complexity index is 502. The number of benzene rings is 1. The lowest BCUT2D eigenvalue weighted by atomic mass is 9.94. The molecule has 0 aliphatic heterocycles. The van der Waals surface area contributed by atoms with Crippen LogP contribution in [0, 0.1) is 0 Å². The predicted octanol–water partition coefficient (Wildman–Crippen LogP) is 4.36. The number of hydrogen-bond acceptors (Lipinski definition) is 2. The van der Waals surface area contributed by atoms with Crippen molar-refractivity contribution < 1.29 is 4.79 Å². The number of carbonyl (C=O) groups is 1. The van der Waals surface area contributed by atoms with Crippen molar-refractivity contribution in [2.75, 3.05) is 5.32 Å². The first-order chi connectivity index (χ1) is 8.91. The standard InChI is InChI=1S/C13H15BrCl2N2O/c14-8-3-4-9(12(16)11(8)15)18-10(19)7-13(17)5-1-2-6-13/h3-4H,1-2,5-7,17H2,(H,18,19). The average molecular weight is 366 g/mol. The smallest absolute Gasteiger partial charge is 0.226 e. The van der Waals surface area contributed by atoms with E-state index in [0.717, 1.165) is 25.7 Å². The molecule has 3 nitrogen and oxygen atoms in total. The maximum absolute atomic E-state index is 12.0. The Labute approximate surface area is 131 Å². The molecule has 104 valence electrons. The first kappa shape index (κ1) is 15.1. The van der Waals surface area contributed by atoms with Crippen LogP contribution in [0.1, 0.15) is 32.1 Å². The Balaban J connectivity index is 2.05. The zero-order valence-electron chi connectivity index (χ0n) is 10.3. The molecule has 0 unspecified atom stereocenters. The average Bonchev–Trinajstić information content (AvgIpc) is 2.76. The van der Waals surface area contributed by atoms with Gasteiger partial charge in [-0.05, 0) is 40.9 Å². The minimum absolute atomic E-state index is 0.121. The Hall–Kier alpha value is -0.290. The summed E-state index contributed by atoms with van der Waals surface area (Å²) in [7, 11) is 0. The van der Waals surface area contributed by atoms with Gasteiger partial charge in [0.2, 0.25) is 5.91 Å². The highest BCUT2D eigenvalue weighted by atomic mass is 79.9. The molecule has 0 spiro atoms. The van der Waals surface area contributed by atoms with Crippen molar-refractivity contribution in [1.29, 1.82) is 0 Å². The van der Waals surface area contributed by atoms with Crippen LogP contribution in [0.5, 0.6) is 0 Å². The van der Waals surface area contributed by atoms with Gasteiger partial charge < -0.3 is 11.1 Å². The molecule has 2 rings (SSSR count). The number of halogens is 3. The van der Waals surface area contributed by atoms with Gasteiger partial charge in [-0.15, -0.1) is 0 Å². The number of hydrogen-bond donors (Lipinski definition) is 2. The van der Waals surface area contributed by atoms with Crippen molar-refractivity contribution >= 4 is 50.7 Å². The summed E-state index contributed by atoms with van der Waals surface area (Å²) >= 11 is 15.4. The lowest BCUT2D eigenvalue weighted by Crippen LogP contribution is -2.40. The molecule has 1 aliphatic carbocycles. The summed E-state index contributed by atoms with van der Waals surface area (Å²) in [6, 6.07) is 3.46. The summed E-state index contributed by atoms with van der Waals surface area (Å²) in [5.41, 5.74) is 6.33. The summed E-state index contributed by atoms with van der Waals surface area (Å²) in [6.45, 7) is 0. The van der Waals surface area contributed by atoms with Crippen molar-refractivity contribution in [1.82, 2.24) is 0 Å². The molecular formula is C13H15BrCl2N2O. The van der Waals surface area contributed by atoms with Gasteiger partial charge in [-0.2, -0.15) is 0 Å². The summed E-state index contributed by atoms with van der Waals surface area (Å²) in [5.74, 6) is -0.121. The van der Waals surface area contributed by atoms with Crippen LogP contribution in [0.4, 0.5) is 5.69 Å². The molecule has 1 aromatic rings. The van der Waals surface area contributed by atoms with E-state index in [9.17, 15) is 4.79 Å². The molecule has 0 heterocycles. The van der Waals surface area contributed by atoms with Crippen LogP contribution < -0.4 is 11.1 Å². The first-order valence-corrected chi connectivity index (χ1v) is 7.68. The third-order valence-corrected chi connectivity index (χ3v) is 5.19. The van der Waals surface area contributed by atoms with E-state index in [-0.39, 0.29) is 11.4 Å². The molecule has 0 aromatic heterocycles. The molecule has 0 bridgehead atoms. The van der Waals surface area contributed by atoms with Gasteiger partial charge in [0.1, 0.15) is 0 Å². The van der Waals surface area contributed by atoms with E-state index in [1.807, 2.05) is 0 Å². The van der Waals surface area contributed by atoms with Gasteiger partial charge in [0, 0.05) is 16.4 Å². The third-order valence-electron chi connectivity index (χ3n) is 3.42. The van der Waals surface area contributed by atoms with Crippen LogP contribution in [0.3, 0.4) is 0 Å². The second kappa shape index (κ2) is 6.00. The second-order valence-corrected chi connectivity index (χ2v) is 6.63. The molecular weight excluding hydrogens is 351 g/mol. The van der Waals surface area contributed by atoms with E-state index in [4.69, 9.17) is 28.9 Å². The highest BCUT2D eigenvalue weighted by Gasteiger charge is 2.31. The number of nitrogens with one attached hydrogen (secondary N) is 1. The normalized spacial score (nSPS) is 17.5. The fourth-order valence-electron chi connectivity index (χ4n) is 2.39. The summed E-state index contributed by atoms with van der Waals surface area (Å²) in [5, 5.41) is 3.50. The largest absolute Gasteiger partial charge is 0.325 e. The molecule has 3 N–H and O–H groups in total. The Morgan fingerprint density at radius 3 is 2.58 bits per heavy atom. The van der Waals surface area contributed by atoms with Crippen LogP contribution in [-0.4, -0.2) is 11.4 Å². The highest BCUT2D eigenvalue weighted by molar-refractivity contribution is 9.10. The molecule has 6 heteroatoms. The highest BCUT2D eigenvalue weighted by Crippen LogP contribution is 2.36. The molecule has 0 atom stereocenters. The summed E-state index contributed by atoms with van der Waals surface area (Å²) in [4.78, 5) is 12.0. The number of amides is 1. The molecule has 1 aliphatic rings. The second-order valence-electron chi connectivity index (χ2n) is 5.02. The minimum Gasteiger partial charge on any atom is -0.325 e. The minimum atomic E-state index is -0.365. The van der Waals surface area contributed by atoms with Crippen LogP contribution in [0.2, 0.25) is 10.0 Å². The maximum atomic E-state index is 12.0. The van der Waals surface area contributed by atoms with Crippen LogP contribution in [-0.2, 0) is 4.79 Å². The van der Waals surface area contributed by atoms with Gasteiger partial charge in [-0.1, -0.05) is 36.0 Å². The quantitative estimate of drug-likeness (QED) is 0.782. The SMILES string of the molecule is NC1(CC(=O)Nc2ccc(Br)c(Cl)c2Cl)CCCC1. The molecule has 1 aromatic carbocycles. The van der Waals surface area contributed by atoms with Crippen molar-refractivity contribution in [3.8, 4) is 0 Å². The monoisotopic (exact) mass is 364 g/mol. The van der Waals surface area contributed by atoms with Gasteiger partial charge in [-0.25, -0.2) is 0 Å². The van der Waals surface area contributed by atoms with Gasteiger partial charge in [0.05, 0.1) is 15.7 Å². The fraction of sp³-hybridized carbons (Fsp3) is 0.462. The number of rotatable bonds is 3. The maximum Gasteiger partial charge on any atom is 0.226 e. The summed E-state index contributed by atoms with van der Waals surface area (Å²) < 4.78 is 0.697. The number of anilines is 1. The van der Waals surface area contributed by atoms with Crippen molar-refractivity contribution in [3.63, 3.8) is 0 Å². The number of nitrogens with two attached hydrogens (primary N) is 1. The molecule has 19 heavy (non-hydrogen) atoms. The molecule has 0 saturated heterocycles. The van der Waals surface area contributed by atoms with Gasteiger partial charge in [0.25, 0.3) is 0 Å². The molecule has 0 radical (unpaired) electrons. The zero-order valence-corrected chi connectivity index (χ0v) is 13.4. The van der Waals surface area contributed by atoms with E-state index in [0.29, 0.717) is 26.6 Å². The fourth-order valence-corrected chi connectivity index (χ4v) is 3.21. The lowest BCUT2D eigenvalue weighted by molar-refractivity contribution is -0.117. The Morgan fingerprint density at radius 1 is 1.32 bits per heavy atom. The first-order valence-electron chi connectivity index (χ1n) is 6.13. The van der Waals surface area contributed by atoms with E-state index < -0.39 is 0 Å². The van der Waals surface area contributed by atoms with E-state index in [1.54, 1.807) is 12.1 Å². The van der Waals surface area contributed by atoms with Gasteiger partial charge in [-0.3, -0.25) is 4.79 Å². The Kier molecular flexibility index (Phi) is 4.77. The van der Waals surface area contributed by atoms with Crippen LogP contribution in [0.25, 0.3) is 0 Å². The van der Waals surface area contributed by atoms with E-state index >= 15 is 0 Å². The Morgan fingerprint density at radius 2 is 1.95 bits per heavy atom. The number of carbonyl (C=O) groups excluding carboxylic acids is 1. The van der Waals surface area contributed by atoms with E-state index in [1.165, 1.54) is 0 Å². The third kappa shape index (κ3) is 3.63. The van der Waals surface area contributed by atoms with Crippen LogP contribution >= 0.6 is 39.1 Å². The zero-order chi connectivity index (χ0) is 14.0. The van der Waals surface area contributed by atoms with Crippen molar-refractivity contribution in [2.24, 2.45) is 5.73 Å². The predicted molar refractivity (Wildman–Crippen MR) is 82.8 cm³/mol. The van der Waals surface area contributed by atoms with Crippen molar-refractivity contribution in [3.05, 3.63) is 26.7 Å². The van der Waals surface area contributed by atoms with Crippen molar-refractivity contribution in [2.45, 2.75) is 37.6 Å². The van der Waals surface area contributed by atoms with Crippen LogP contribution in [0.15, 0.2) is 16.6 Å². The molecule has 1 amide bonds. The lowest BCUT2D eigenvalue weighted by Gasteiger charge is -2.22. The molecule has 1 fully saturated rings. The van der Waals surface area contributed by atoms with Gasteiger partial charge in [0.15, 0.2) is 0 Å². The van der Waals surface area contributed by atoms with E-state index in [2.05, 4.69) is 21.2 Å². The molecule has 1 saturated carbocycles. The summed E-state index contributed by atoms with van der Waals surface area (Å²) in [6.07, 6.45) is 4.30. The van der Waals surface area contributed by atoms with Gasteiger partial charge >= 0.3 is 0 Å².